The first-order valence-electron chi connectivity index (χ1n) is 9.02. The first-order chi connectivity index (χ1) is 13.5. The average molecular weight is 399 g/mol. The van der Waals surface area contributed by atoms with E-state index in [1.807, 2.05) is 24.5 Å². The number of methoxy groups -OCH3 is 1. The van der Waals surface area contributed by atoms with Crippen molar-refractivity contribution in [1.29, 1.82) is 0 Å². The van der Waals surface area contributed by atoms with Crippen LogP contribution in [-0.2, 0) is 11.2 Å². The fourth-order valence-electron chi connectivity index (χ4n) is 3.91. The van der Waals surface area contributed by atoms with Gasteiger partial charge in [0.2, 0.25) is 18.4 Å². The Hall–Kier alpha value is -2.67. The zero-order valence-electron chi connectivity index (χ0n) is 16.0. The van der Waals surface area contributed by atoms with Crippen LogP contribution >= 0.6 is 11.8 Å². The zero-order chi connectivity index (χ0) is 19.8. The fourth-order valence-corrected chi connectivity index (χ4v) is 4.38. The predicted molar refractivity (Wildman–Crippen MR) is 107 cm³/mol. The van der Waals surface area contributed by atoms with Crippen LogP contribution in [0.3, 0.4) is 0 Å². The summed E-state index contributed by atoms with van der Waals surface area (Å²) in [7, 11) is 1.60. The van der Waals surface area contributed by atoms with Gasteiger partial charge in [0.1, 0.15) is 0 Å². The van der Waals surface area contributed by atoms with Gasteiger partial charge in [-0.1, -0.05) is 6.07 Å². The Morgan fingerprint density at radius 2 is 2.11 bits per heavy atom. The van der Waals surface area contributed by atoms with Crippen LogP contribution in [0.4, 0.5) is 0 Å². The molecule has 146 valence electrons. The van der Waals surface area contributed by atoms with Crippen molar-refractivity contribution in [1.82, 2.24) is 5.32 Å². The van der Waals surface area contributed by atoms with Gasteiger partial charge in [-0.2, -0.15) is 0 Å². The molecular weight excluding hydrogens is 378 g/mol. The van der Waals surface area contributed by atoms with Gasteiger partial charge in [0.15, 0.2) is 16.9 Å². The largest absolute Gasteiger partial charge is 0.492 e. The Bertz CT molecular complexity index is 1020. The summed E-state index contributed by atoms with van der Waals surface area (Å²) in [4.78, 5) is 25.2. The smallest absolute Gasteiger partial charge is 0.231 e. The van der Waals surface area contributed by atoms with Gasteiger partial charge in [0.05, 0.1) is 18.0 Å². The summed E-state index contributed by atoms with van der Waals surface area (Å²) >= 11 is 1.40. The second-order valence-corrected chi connectivity index (χ2v) is 7.60. The summed E-state index contributed by atoms with van der Waals surface area (Å²) in [6.45, 7) is 1.64. The lowest BCUT2D eigenvalue weighted by atomic mass is 9.95. The molecule has 0 saturated carbocycles. The summed E-state index contributed by atoms with van der Waals surface area (Å²) in [5.41, 5.74) is 3.51. The Morgan fingerprint density at radius 1 is 1.29 bits per heavy atom. The third-order valence-corrected chi connectivity index (χ3v) is 5.87. The third-order valence-electron chi connectivity index (χ3n) is 5.09. The van der Waals surface area contributed by atoms with Crippen molar-refractivity contribution in [2.75, 3.05) is 20.2 Å². The third kappa shape index (κ3) is 3.09. The van der Waals surface area contributed by atoms with E-state index in [0.29, 0.717) is 35.0 Å². The molecule has 1 N–H and O–H groups in total. The van der Waals surface area contributed by atoms with Crippen LogP contribution in [0.1, 0.15) is 30.5 Å². The molecule has 0 saturated heterocycles. The van der Waals surface area contributed by atoms with Crippen LogP contribution in [0.2, 0.25) is 0 Å². The van der Waals surface area contributed by atoms with Gasteiger partial charge in [0, 0.05) is 12.5 Å². The molecule has 0 unspecified atom stereocenters. The molecule has 2 aromatic carbocycles. The standard InChI is InChI=1S/C21H21NO5S/c1-11(23)22-15-6-4-12-8-17-20(27-10-26-17)21(25-2)19(12)13-5-7-18(28-3)16(24)9-14(13)15/h5,7-9,15H,4,6,10H2,1-3H3,(H,22,23)/t15-/m0/s1. The molecule has 2 aliphatic rings. The second-order valence-electron chi connectivity index (χ2n) is 6.75. The van der Waals surface area contributed by atoms with Crippen molar-refractivity contribution in [3.05, 3.63) is 45.6 Å². The van der Waals surface area contributed by atoms with Crippen molar-refractivity contribution in [3.63, 3.8) is 0 Å². The molecule has 0 fully saturated rings. The van der Waals surface area contributed by atoms with Gasteiger partial charge >= 0.3 is 0 Å². The molecule has 0 bridgehead atoms. The molecule has 1 aliphatic carbocycles. The molecule has 7 heteroatoms. The molecule has 2 aromatic rings. The van der Waals surface area contributed by atoms with Crippen LogP contribution in [0.25, 0.3) is 11.1 Å². The van der Waals surface area contributed by atoms with Crippen LogP contribution in [0.15, 0.2) is 34.0 Å². The molecule has 0 aromatic heterocycles. The van der Waals surface area contributed by atoms with E-state index in [4.69, 9.17) is 14.2 Å². The molecule has 1 atom stereocenters. The van der Waals surface area contributed by atoms with E-state index in [1.165, 1.54) is 18.7 Å². The molecule has 0 radical (unpaired) electrons. The van der Waals surface area contributed by atoms with Crippen molar-refractivity contribution in [2.24, 2.45) is 0 Å². The van der Waals surface area contributed by atoms with Gasteiger partial charge in [-0.05, 0) is 54.0 Å². The van der Waals surface area contributed by atoms with Crippen LogP contribution in [0.5, 0.6) is 17.2 Å². The van der Waals surface area contributed by atoms with E-state index in [0.717, 1.165) is 22.3 Å². The van der Waals surface area contributed by atoms with Gasteiger partial charge in [-0.3, -0.25) is 9.59 Å². The SMILES string of the molecule is COc1c2c(cc3c1-c1ccc(SC)c(=O)cc1[C@@H](NC(C)=O)CC3)OCO2. The Morgan fingerprint density at radius 3 is 2.82 bits per heavy atom. The number of carbonyl (C=O) groups is 1. The van der Waals surface area contributed by atoms with E-state index in [2.05, 4.69) is 5.32 Å². The Kier molecular flexibility index (Phi) is 4.93. The highest BCUT2D eigenvalue weighted by Crippen LogP contribution is 2.51. The molecule has 0 spiro atoms. The number of hydrogen-bond acceptors (Lipinski definition) is 6. The number of amides is 1. The maximum atomic E-state index is 12.7. The van der Waals surface area contributed by atoms with Crippen molar-refractivity contribution in [3.8, 4) is 28.4 Å². The number of ether oxygens (including phenoxy) is 3. The molecular formula is C21H21NO5S. The van der Waals surface area contributed by atoms with E-state index >= 15 is 0 Å². The summed E-state index contributed by atoms with van der Waals surface area (Å²) in [5, 5.41) is 3.00. The number of hydrogen-bond donors (Lipinski definition) is 1. The van der Waals surface area contributed by atoms with E-state index in [9.17, 15) is 9.59 Å². The Balaban J connectivity index is 2.05. The normalized spacial score (nSPS) is 16.6. The summed E-state index contributed by atoms with van der Waals surface area (Å²) in [5.74, 6) is 1.69. The summed E-state index contributed by atoms with van der Waals surface area (Å²) in [6, 6.07) is 7.11. The van der Waals surface area contributed by atoms with E-state index < -0.39 is 0 Å². The maximum Gasteiger partial charge on any atom is 0.231 e. The number of thioether (sulfide) groups is 1. The van der Waals surface area contributed by atoms with Gasteiger partial charge in [-0.15, -0.1) is 11.8 Å². The van der Waals surface area contributed by atoms with Crippen molar-refractivity contribution >= 4 is 17.7 Å². The molecule has 1 amide bonds. The molecule has 1 aliphatic heterocycles. The quantitative estimate of drug-likeness (QED) is 0.799. The predicted octanol–water partition coefficient (Wildman–Crippen LogP) is 3.30. The topological polar surface area (TPSA) is 73.9 Å². The zero-order valence-corrected chi connectivity index (χ0v) is 16.8. The molecule has 4 rings (SSSR count). The lowest BCUT2D eigenvalue weighted by Crippen LogP contribution is -2.26. The number of benzene rings is 1. The summed E-state index contributed by atoms with van der Waals surface area (Å²) < 4.78 is 16.9. The average Bonchev–Trinajstić information content (AvgIpc) is 3.01. The fraction of sp³-hybridized carbons (Fsp3) is 0.333. The number of aryl methyl sites for hydroxylation is 1. The lowest BCUT2D eigenvalue weighted by Gasteiger charge is -2.18. The highest BCUT2D eigenvalue weighted by atomic mass is 32.2. The maximum absolute atomic E-state index is 12.7. The number of carbonyl (C=O) groups excluding carboxylic acids is 1. The van der Waals surface area contributed by atoms with Crippen molar-refractivity contribution < 1.29 is 19.0 Å². The van der Waals surface area contributed by atoms with E-state index in [-0.39, 0.29) is 24.2 Å². The number of nitrogens with one attached hydrogen (secondary N) is 1. The molecule has 1 heterocycles. The first-order valence-corrected chi connectivity index (χ1v) is 10.2. The monoisotopic (exact) mass is 399 g/mol. The number of fused-ring (bicyclic) bond motifs is 4. The number of rotatable bonds is 3. The highest BCUT2D eigenvalue weighted by molar-refractivity contribution is 7.98. The minimum Gasteiger partial charge on any atom is -0.492 e. The van der Waals surface area contributed by atoms with Gasteiger partial charge < -0.3 is 19.5 Å². The van der Waals surface area contributed by atoms with Crippen molar-refractivity contribution in [2.45, 2.75) is 30.7 Å². The second kappa shape index (κ2) is 7.39. The van der Waals surface area contributed by atoms with Gasteiger partial charge in [0.25, 0.3) is 0 Å². The Labute approximate surface area is 167 Å². The van der Waals surface area contributed by atoms with Gasteiger partial charge in [-0.25, -0.2) is 0 Å². The first kappa shape index (κ1) is 18.7. The van der Waals surface area contributed by atoms with Crippen LogP contribution < -0.4 is 25.0 Å². The minimum atomic E-state index is -0.268. The van der Waals surface area contributed by atoms with Crippen LogP contribution in [-0.4, -0.2) is 26.1 Å². The molecule has 6 nitrogen and oxygen atoms in total. The molecule has 28 heavy (non-hydrogen) atoms. The highest BCUT2D eigenvalue weighted by Gasteiger charge is 2.31. The van der Waals surface area contributed by atoms with E-state index in [1.54, 1.807) is 13.2 Å². The minimum absolute atomic E-state index is 0.0627. The van der Waals surface area contributed by atoms with Crippen LogP contribution in [0, 0.1) is 0 Å². The summed E-state index contributed by atoms with van der Waals surface area (Å²) in [6.07, 6.45) is 3.25. The lowest BCUT2D eigenvalue weighted by molar-refractivity contribution is -0.119.